The summed E-state index contributed by atoms with van der Waals surface area (Å²) < 4.78 is 5.08. The average molecular weight is 94.1 g/mol. The summed E-state index contributed by atoms with van der Waals surface area (Å²) in [6, 6.07) is 0. The number of hydrogen-bond acceptors (Lipinski definition) is 1. The molecule has 1 unspecified atom stereocenters. The third-order valence-electron chi connectivity index (χ3n) is 1.44. The molecule has 0 aromatic carbocycles. The zero-order valence-corrected chi connectivity index (χ0v) is 3.87. The topological polar surface area (TPSA) is 9.23 Å². The fourth-order valence-corrected chi connectivity index (χ4v) is 0.867. The molecule has 0 bridgehead atoms. The summed E-state index contributed by atoms with van der Waals surface area (Å²) in [5.74, 6) is 0.611. The maximum Gasteiger partial charge on any atom is 0.126 e. The first-order valence-corrected chi connectivity index (χ1v) is 2.47. The van der Waals surface area contributed by atoms with Gasteiger partial charge >= 0.3 is 0 Å². The summed E-state index contributed by atoms with van der Waals surface area (Å²) >= 11 is 0. The van der Waals surface area contributed by atoms with Crippen LogP contribution < -0.4 is 0 Å². The van der Waals surface area contributed by atoms with Crippen LogP contribution >= 0.6 is 0 Å². The molecule has 2 rings (SSSR count). The Morgan fingerprint density at radius 2 is 2.14 bits per heavy atom. The van der Waals surface area contributed by atoms with Crippen LogP contribution in [-0.4, -0.2) is 6.10 Å². The molecule has 1 heterocycles. The Kier molecular flexibility index (Phi) is 0.432. The van der Waals surface area contributed by atoms with Gasteiger partial charge in [0.1, 0.15) is 6.10 Å². The van der Waals surface area contributed by atoms with E-state index < -0.39 is 0 Å². The monoisotopic (exact) mass is 94.0 g/mol. The van der Waals surface area contributed by atoms with Crippen molar-refractivity contribution in [3.8, 4) is 0 Å². The van der Waals surface area contributed by atoms with E-state index in [0.29, 0.717) is 12.0 Å². The van der Waals surface area contributed by atoms with Gasteiger partial charge in [0.15, 0.2) is 0 Å². The SMILES string of the molecule is C1=C[C@H]2C=CC2O1. The highest BCUT2D eigenvalue weighted by molar-refractivity contribution is 5.21. The van der Waals surface area contributed by atoms with Gasteiger partial charge in [0.25, 0.3) is 0 Å². The van der Waals surface area contributed by atoms with E-state index in [1.54, 1.807) is 6.26 Å². The maximum atomic E-state index is 5.08. The Morgan fingerprint density at radius 3 is 2.43 bits per heavy atom. The Morgan fingerprint density at radius 1 is 1.14 bits per heavy atom. The highest BCUT2D eigenvalue weighted by Gasteiger charge is 2.25. The zero-order chi connectivity index (χ0) is 4.69. The highest BCUT2D eigenvalue weighted by Crippen LogP contribution is 2.27. The number of fused-ring (bicyclic) bond motifs is 1. The van der Waals surface area contributed by atoms with Crippen molar-refractivity contribution in [2.75, 3.05) is 0 Å². The van der Waals surface area contributed by atoms with Crippen molar-refractivity contribution in [1.29, 1.82) is 0 Å². The second-order valence-corrected chi connectivity index (χ2v) is 1.89. The first kappa shape index (κ1) is 3.30. The molecular weight excluding hydrogens is 88.1 g/mol. The predicted molar refractivity (Wildman–Crippen MR) is 26.6 cm³/mol. The molecule has 0 fully saturated rings. The van der Waals surface area contributed by atoms with E-state index >= 15 is 0 Å². The Balaban J connectivity index is 2.29. The van der Waals surface area contributed by atoms with E-state index in [2.05, 4.69) is 18.2 Å². The van der Waals surface area contributed by atoms with E-state index in [-0.39, 0.29) is 0 Å². The average Bonchev–Trinajstić information content (AvgIpc) is 1.85. The number of hydrogen-bond donors (Lipinski definition) is 0. The van der Waals surface area contributed by atoms with Gasteiger partial charge in [-0.15, -0.1) is 0 Å². The lowest BCUT2D eigenvalue weighted by molar-refractivity contribution is 0.177. The first-order chi connectivity index (χ1) is 3.47. The van der Waals surface area contributed by atoms with Gasteiger partial charge in [-0.2, -0.15) is 0 Å². The van der Waals surface area contributed by atoms with Crippen molar-refractivity contribution in [3.05, 3.63) is 24.5 Å². The fourth-order valence-electron chi connectivity index (χ4n) is 0.867. The molecule has 1 aliphatic carbocycles. The summed E-state index contributed by atoms with van der Waals surface area (Å²) in [6.07, 6.45) is 8.47. The van der Waals surface area contributed by atoms with Gasteiger partial charge in [0, 0.05) is 5.92 Å². The molecule has 0 amide bonds. The fraction of sp³-hybridized carbons (Fsp3) is 0.333. The van der Waals surface area contributed by atoms with E-state index in [1.807, 2.05) is 0 Å². The van der Waals surface area contributed by atoms with Crippen molar-refractivity contribution in [3.63, 3.8) is 0 Å². The lowest BCUT2D eigenvalue weighted by Crippen LogP contribution is -2.18. The van der Waals surface area contributed by atoms with Crippen LogP contribution in [0.15, 0.2) is 24.5 Å². The van der Waals surface area contributed by atoms with Gasteiger partial charge in [0.05, 0.1) is 6.26 Å². The van der Waals surface area contributed by atoms with Crippen molar-refractivity contribution in [2.24, 2.45) is 5.92 Å². The minimum atomic E-state index is 0.403. The van der Waals surface area contributed by atoms with E-state index in [4.69, 9.17) is 4.74 Å². The van der Waals surface area contributed by atoms with Gasteiger partial charge in [-0.1, -0.05) is 6.08 Å². The van der Waals surface area contributed by atoms with Crippen molar-refractivity contribution in [1.82, 2.24) is 0 Å². The van der Waals surface area contributed by atoms with Gasteiger partial charge in [-0.05, 0) is 12.2 Å². The van der Waals surface area contributed by atoms with Crippen LogP contribution in [0.5, 0.6) is 0 Å². The van der Waals surface area contributed by atoms with Crippen LogP contribution in [0.3, 0.4) is 0 Å². The Hall–Kier alpha value is -0.720. The van der Waals surface area contributed by atoms with Crippen LogP contribution in [0.25, 0.3) is 0 Å². The molecule has 36 valence electrons. The van der Waals surface area contributed by atoms with Crippen molar-refractivity contribution < 1.29 is 4.74 Å². The molecule has 1 heteroatoms. The largest absolute Gasteiger partial charge is 0.493 e. The second kappa shape index (κ2) is 0.915. The van der Waals surface area contributed by atoms with Crippen LogP contribution in [0, 0.1) is 5.92 Å². The first-order valence-electron chi connectivity index (χ1n) is 2.47. The van der Waals surface area contributed by atoms with Crippen LogP contribution in [0.4, 0.5) is 0 Å². The molecule has 2 atom stereocenters. The Labute approximate surface area is 42.3 Å². The standard InChI is InChI=1S/C6H6O/c1-2-6-5(1)3-4-7-6/h1-6H/t5-,6?/m1/s1. The molecule has 0 saturated carbocycles. The normalized spacial score (nSPS) is 42.3. The van der Waals surface area contributed by atoms with Crippen LogP contribution in [0.1, 0.15) is 0 Å². The van der Waals surface area contributed by atoms with Crippen molar-refractivity contribution in [2.45, 2.75) is 6.10 Å². The summed E-state index contributed by atoms with van der Waals surface area (Å²) in [5, 5.41) is 0. The minimum absolute atomic E-state index is 0.403. The summed E-state index contributed by atoms with van der Waals surface area (Å²) in [7, 11) is 0. The van der Waals surface area contributed by atoms with Crippen molar-refractivity contribution >= 4 is 0 Å². The zero-order valence-electron chi connectivity index (χ0n) is 3.87. The molecule has 0 spiro atoms. The number of rotatable bonds is 0. The van der Waals surface area contributed by atoms with Crippen LogP contribution in [-0.2, 0) is 4.74 Å². The van der Waals surface area contributed by atoms with Gasteiger partial charge < -0.3 is 4.74 Å². The molecule has 0 aromatic heterocycles. The van der Waals surface area contributed by atoms with Gasteiger partial charge in [0.2, 0.25) is 0 Å². The molecule has 2 aliphatic rings. The molecule has 0 N–H and O–H groups in total. The molecule has 1 aliphatic heterocycles. The van der Waals surface area contributed by atoms with E-state index in [0.717, 1.165) is 0 Å². The van der Waals surface area contributed by atoms with E-state index in [9.17, 15) is 0 Å². The molecule has 0 aromatic rings. The summed E-state index contributed by atoms with van der Waals surface area (Å²) in [5.41, 5.74) is 0. The molecule has 0 radical (unpaired) electrons. The third kappa shape index (κ3) is 0.279. The van der Waals surface area contributed by atoms with Crippen LogP contribution in [0.2, 0.25) is 0 Å². The maximum absolute atomic E-state index is 5.08. The summed E-state index contributed by atoms with van der Waals surface area (Å²) in [4.78, 5) is 0. The molecular formula is C6H6O. The van der Waals surface area contributed by atoms with Gasteiger partial charge in [-0.25, -0.2) is 0 Å². The highest BCUT2D eigenvalue weighted by atomic mass is 16.5. The smallest absolute Gasteiger partial charge is 0.126 e. The molecule has 0 saturated heterocycles. The van der Waals surface area contributed by atoms with E-state index in [1.165, 1.54) is 0 Å². The van der Waals surface area contributed by atoms with Gasteiger partial charge in [-0.3, -0.25) is 0 Å². The molecule has 1 nitrogen and oxygen atoms in total. The second-order valence-electron chi connectivity index (χ2n) is 1.89. The number of ether oxygens (including phenoxy) is 1. The lowest BCUT2D eigenvalue weighted by atomic mass is 9.94. The Bertz CT molecular complexity index is 135. The predicted octanol–water partition coefficient (Wildman–Crippen LogP) is 1.08. The minimum Gasteiger partial charge on any atom is -0.493 e. The lowest BCUT2D eigenvalue weighted by Gasteiger charge is -2.18. The molecule has 7 heavy (non-hydrogen) atoms. The summed E-state index contributed by atoms with van der Waals surface area (Å²) in [6.45, 7) is 0. The quantitative estimate of drug-likeness (QED) is 0.408. The third-order valence-corrected chi connectivity index (χ3v) is 1.44.